The molecule has 1 aromatic carbocycles. The number of benzene rings is 1. The molecular weight excluding hydrogens is 387 g/mol. The van der Waals surface area contributed by atoms with Crippen molar-refractivity contribution in [1.82, 2.24) is 15.5 Å². The van der Waals surface area contributed by atoms with Crippen molar-refractivity contribution in [3.63, 3.8) is 0 Å². The van der Waals surface area contributed by atoms with Gasteiger partial charge in [-0.15, -0.1) is 0 Å². The highest BCUT2D eigenvalue weighted by molar-refractivity contribution is 9.10. The first-order chi connectivity index (χ1) is 12.0. The standard InChI is InChI=1S/C18H28BrFN4O/c1-13(2)17(24-6-8-25-9-7-24)12-23-18(21-3)22-11-14-10-15(20)4-5-16(14)19/h4-5,10,13,17H,6-9,11-12H2,1-3H3,(H2,21,22,23). The molecule has 1 aliphatic heterocycles. The van der Waals surface area contributed by atoms with Gasteiger partial charge in [-0.05, 0) is 29.7 Å². The fraction of sp³-hybridized carbons (Fsp3) is 0.611. The molecule has 1 heterocycles. The Bertz CT molecular complexity index is 576. The van der Waals surface area contributed by atoms with Crippen LogP contribution in [0.1, 0.15) is 19.4 Å². The molecule has 0 spiro atoms. The van der Waals surface area contributed by atoms with Gasteiger partial charge in [0, 0.05) is 43.7 Å². The number of nitrogens with zero attached hydrogens (tertiary/aromatic N) is 2. The number of morpholine rings is 1. The maximum atomic E-state index is 13.4. The number of ether oxygens (including phenoxy) is 1. The molecular formula is C18H28BrFN4O. The van der Waals surface area contributed by atoms with Gasteiger partial charge in [0.25, 0.3) is 0 Å². The average molecular weight is 415 g/mol. The van der Waals surface area contributed by atoms with E-state index in [-0.39, 0.29) is 5.82 Å². The van der Waals surface area contributed by atoms with Crippen LogP contribution in [0.2, 0.25) is 0 Å². The van der Waals surface area contributed by atoms with Crippen LogP contribution in [0, 0.1) is 11.7 Å². The summed E-state index contributed by atoms with van der Waals surface area (Å²) in [5.74, 6) is 1.01. The number of guanidine groups is 1. The van der Waals surface area contributed by atoms with Gasteiger partial charge >= 0.3 is 0 Å². The van der Waals surface area contributed by atoms with E-state index in [0.717, 1.165) is 48.8 Å². The molecule has 0 saturated carbocycles. The van der Waals surface area contributed by atoms with Crippen LogP contribution in [0.4, 0.5) is 4.39 Å². The van der Waals surface area contributed by atoms with E-state index < -0.39 is 0 Å². The molecule has 1 saturated heterocycles. The molecule has 1 unspecified atom stereocenters. The number of hydrogen-bond donors (Lipinski definition) is 2. The lowest BCUT2D eigenvalue weighted by Crippen LogP contribution is -2.52. The van der Waals surface area contributed by atoms with Gasteiger partial charge in [0.05, 0.1) is 13.2 Å². The highest BCUT2D eigenvalue weighted by Gasteiger charge is 2.23. The Kier molecular flexibility index (Phi) is 8.12. The van der Waals surface area contributed by atoms with E-state index >= 15 is 0 Å². The predicted octanol–water partition coefficient (Wildman–Crippen LogP) is 2.61. The normalized spacial score (nSPS) is 17.6. The van der Waals surface area contributed by atoms with Gasteiger partial charge in [0.2, 0.25) is 0 Å². The van der Waals surface area contributed by atoms with Gasteiger partial charge < -0.3 is 15.4 Å². The minimum Gasteiger partial charge on any atom is -0.379 e. The molecule has 25 heavy (non-hydrogen) atoms. The van der Waals surface area contributed by atoms with Crippen molar-refractivity contribution in [2.45, 2.75) is 26.4 Å². The molecule has 140 valence electrons. The predicted molar refractivity (Wildman–Crippen MR) is 103 cm³/mol. The summed E-state index contributed by atoms with van der Waals surface area (Å²) >= 11 is 3.45. The van der Waals surface area contributed by atoms with E-state index in [1.807, 2.05) is 0 Å². The van der Waals surface area contributed by atoms with Crippen molar-refractivity contribution in [1.29, 1.82) is 0 Å². The SMILES string of the molecule is CN=C(NCc1cc(F)ccc1Br)NCC(C(C)C)N1CCOCC1. The van der Waals surface area contributed by atoms with Crippen molar-refractivity contribution in [3.05, 3.63) is 34.1 Å². The Labute approximate surface area is 158 Å². The van der Waals surface area contributed by atoms with Crippen LogP contribution in [0.3, 0.4) is 0 Å². The quantitative estimate of drug-likeness (QED) is 0.554. The van der Waals surface area contributed by atoms with Crippen molar-refractivity contribution in [3.8, 4) is 0 Å². The highest BCUT2D eigenvalue weighted by Crippen LogP contribution is 2.17. The van der Waals surface area contributed by atoms with E-state index in [2.05, 4.69) is 50.3 Å². The first-order valence-electron chi connectivity index (χ1n) is 8.71. The number of rotatable bonds is 6. The lowest BCUT2D eigenvalue weighted by Gasteiger charge is -2.37. The maximum Gasteiger partial charge on any atom is 0.191 e. The van der Waals surface area contributed by atoms with Crippen LogP contribution in [-0.4, -0.2) is 56.8 Å². The molecule has 1 aromatic rings. The third kappa shape index (κ3) is 6.24. The summed E-state index contributed by atoms with van der Waals surface area (Å²) in [4.78, 5) is 6.74. The van der Waals surface area contributed by atoms with Crippen LogP contribution >= 0.6 is 15.9 Å². The van der Waals surface area contributed by atoms with E-state index in [1.54, 1.807) is 13.1 Å². The average Bonchev–Trinajstić information content (AvgIpc) is 2.61. The van der Waals surface area contributed by atoms with Gasteiger partial charge in [-0.3, -0.25) is 9.89 Å². The first kappa shape index (κ1) is 20.1. The molecule has 1 atom stereocenters. The third-order valence-corrected chi connectivity index (χ3v) is 5.21. The Hall–Kier alpha value is -1.18. The topological polar surface area (TPSA) is 48.9 Å². The monoisotopic (exact) mass is 414 g/mol. The molecule has 0 amide bonds. The Morgan fingerprint density at radius 3 is 2.68 bits per heavy atom. The molecule has 7 heteroatoms. The van der Waals surface area contributed by atoms with Gasteiger partial charge in [-0.2, -0.15) is 0 Å². The Morgan fingerprint density at radius 1 is 1.32 bits per heavy atom. The summed E-state index contributed by atoms with van der Waals surface area (Å²) in [6, 6.07) is 5.10. The lowest BCUT2D eigenvalue weighted by atomic mass is 10.0. The van der Waals surface area contributed by atoms with E-state index in [4.69, 9.17) is 4.74 Å². The fourth-order valence-corrected chi connectivity index (χ4v) is 3.36. The summed E-state index contributed by atoms with van der Waals surface area (Å²) in [5, 5.41) is 6.65. The second-order valence-corrected chi connectivity index (χ2v) is 7.36. The molecule has 0 aromatic heterocycles. The highest BCUT2D eigenvalue weighted by atomic mass is 79.9. The minimum absolute atomic E-state index is 0.241. The summed E-state index contributed by atoms with van der Waals surface area (Å²) in [6.07, 6.45) is 0. The molecule has 0 bridgehead atoms. The molecule has 1 fully saturated rings. The minimum atomic E-state index is -0.241. The van der Waals surface area contributed by atoms with Crippen molar-refractivity contribution >= 4 is 21.9 Å². The van der Waals surface area contributed by atoms with Crippen LogP contribution in [0.5, 0.6) is 0 Å². The molecule has 5 nitrogen and oxygen atoms in total. The van der Waals surface area contributed by atoms with E-state index in [9.17, 15) is 4.39 Å². The van der Waals surface area contributed by atoms with Crippen LogP contribution < -0.4 is 10.6 Å². The molecule has 0 aliphatic carbocycles. The molecule has 0 radical (unpaired) electrons. The zero-order valence-electron chi connectivity index (χ0n) is 15.2. The van der Waals surface area contributed by atoms with Crippen LogP contribution in [0.25, 0.3) is 0 Å². The number of aliphatic imine (C=N–C) groups is 1. The lowest BCUT2D eigenvalue weighted by molar-refractivity contribution is 0.00752. The summed E-state index contributed by atoms with van der Waals surface area (Å²) in [6.45, 7) is 9.31. The van der Waals surface area contributed by atoms with Crippen molar-refractivity contribution in [2.24, 2.45) is 10.9 Å². The smallest absolute Gasteiger partial charge is 0.191 e. The van der Waals surface area contributed by atoms with Crippen molar-refractivity contribution in [2.75, 3.05) is 39.9 Å². The number of nitrogens with one attached hydrogen (secondary N) is 2. The zero-order chi connectivity index (χ0) is 18.2. The van der Waals surface area contributed by atoms with Crippen LogP contribution in [-0.2, 0) is 11.3 Å². The molecule has 2 rings (SSSR count). The zero-order valence-corrected chi connectivity index (χ0v) is 16.8. The van der Waals surface area contributed by atoms with Crippen molar-refractivity contribution < 1.29 is 9.13 Å². The van der Waals surface area contributed by atoms with Gasteiger partial charge in [0.15, 0.2) is 5.96 Å². The summed E-state index contributed by atoms with van der Waals surface area (Å²) in [7, 11) is 1.75. The number of hydrogen-bond acceptors (Lipinski definition) is 3. The Morgan fingerprint density at radius 2 is 2.04 bits per heavy atom. The molecule has 2 N–H and O–H groups in total. The van der Waals surface area contributed by atoms with Crippen LogP contribution in [0.15, 0.2) is 27.7 Å². The van der Waals surface area contributed by atoms with Gasteiger partial charge in [0.1, 0.15) is 5.82 Å². The second-order valence-electron chi connectivity index (χ2n) is 6.50. The summed E-state index contributed by atoms with van der Waals surface area (Å²) in [5.41, 5.74) is 0.858. The van der Waals surface area contributed by atoms with Gasteiger partial charge in [-0.1, -0.05) is 29.8 Å². The first-order valence-corrected chi connectivity index (χ1v) is 9.50. The maximum absolute atomic E-state index is 13.4. The van der Waals surface area contributed by atoms with E-state index in [0.29, 0.717) is 18.5 Å². The number of halogens is 2. The van der Waals surface area contributed by atoms with E-state index in [1.165, 1.54) is 12.1 Å². The third-order valence-electron chi connectivity index (χ3n) is 4.44. The Balaban J connectivity index is 1.88. The molecule has 1 aliphatic rings. The largest absolute Gasteiger partial charge is 0.379 e. The fourth-order valence-electron chi connectivity index (χ4n) is 2.98. The summed E-state index contributed by atoms with van der Waals surface area (Å²) < 4.78 is 19.7. The van der Waals surface area contributed by atoms with Gasteiger partial charge in [-0.25, -0.2) is 4.39 Å². The second kappa shape index (κ2) is 10.1.